The lowest BCUT2D eigenvalue weighted by molar-refractivity contribution is -0.134. The molecule has 1 heterocycles. The molecule has 1 aliphatic heterocycles. The second-order valence-corrected chi connectivity index (χ2v) is 6.81. The molecule has 0 fully saturated rings. The van der Waals surface area contributed by atoms with E-state index in [4.69, 9.17) is 9.47 Å². The Morgan fingerprint density at radius 2 is 1.79 bits per heavy atom. The van der Waals surface area contributed by atoms with Crippen LogP contribution < -0.4 is 0 Å². The van der Waals surface area contributed by atoms with Gasteiger partial charge in [-0.2, -0.15) is 5.10 Å². The van der Waals surface area contributed by atoms with Crippen molar-refractivity contribution in [2.45, 2.75) is 33.0 Å². The van der Waals surface area contributed by atoms with E-state index in [9.17, 15) is 9.59 Å². The number of hydrazone groups is 1. The zero-order valence-corrected chi connectivity index (χ0v) is 16.1. The molecule has 6 nitrogen and oxygen atoms in total. The third-order valence-electron chi connectivity index (χ3n) is 4.30. The normalized spacial score (nSPS) is 13.5. The first-order valence-electron chi connectivity index (χ1n) is 9.34. The van der Waals surface area contributed by atoms with Gasteiger partial charge in [0.15, 0.2) is 6.61 Å². The van der Waals surface area contributed by atoms with Gasteiger partial charge in [-0.3, -0.25) is 4.79 Å². The topological polar surface area (TPSA) is 68.2 Å². The van der Waals surface area contributed by atoms with Gasteiger partial charge in [0.05, 0.1) is 30.5 Å². The third kappa shape index (κ3) is 5.27. The average Bonchev–Trinajstić information content (AvgIpc) is 3.21. The van der Waals surface area contributed by atoms with Gasteiger partial charge in [0, 0.05) is 6.42 Å². The van der Waals surface area contributed by atoms with Crippen molar-refractivity contribution in [2.75, 3.05) is 13.2 Å². The number of benzene rings is 2. The lowest BCUT2D eigenvalue weighted by atomic mass is 10.1. The molecule has 2 aromatic rings. The van der Waals surface area contributed by atoms with Crippen molar-refractivity contribution < 1.29 is 19.1 Å². The lowest BCUT2D eigenvalue weighted by Crippen LogP contribution is -2.28. The molecule has 0 bridgehead atoms. The summed E-state index contributed by atoms with van der Waals surface area (Å²) in [6.07, 6.45) is 0.829. The van der Waals surface area contributed by atoms with Crippen LogP contribution in [0, 0.1) is 0 Å². The minimum atomic E-state index is -0.531. The fraction of sp³-hybridized carbons (Fsp3) is 0.318. The van der Waals surface area contributed by atoms with Gasteiger partial charge in [0.2, 0.25) is 0 Å². The van der Waals surface area contributed by atoms with E-state index >= 15 is 0 Å². The third-order valence-corrected chi connectivity index (χ3v) is 4.30. The van der Waals surface area contributed by atoms with Crippen molar-refractivity contribution >= 4 is 17.6 Å². The molecule has 6 heteroatoms. The van der Waals surface area contributed by atoms with Gasteiger partial charge in [-0.05, 0) is 37.1 Å². The molecular formula is C22H24N2O4. The van der Waals surface area contributed by atoms with Gasteiger partial charge in [-0.15, -0.1) is 0 Å². The second-order valence-electron chi connectivity index (χ2n) is 6.81. The predicted octanol–water partition coefficient (Wildman–Crippen LogP) is 3.41. The molecule has 0 aliphatic carbocycles. The van der Waals surface area contributed by atoms with Gasteiger partial charge in [-0.25, -0.2) is 9.80 Å². The molecular weight excluding hydrogens is 356 g/mol. The van der Waals surface area contributed by atoms with E-state index in [1.165, 1.54) is 5.01 Å². The summed E-state index contributed by atoms with van der Waals surface area (Å²) in [4.78, 5) is 24.5. The molecule has 3 rings (SSSR count). The number of amides is 1. The van der Waals surface area contributed by atoms with Crippen LogP contribution in [-0.4, -0.2) is 41.9 Å². The van der Waals surface area contributed by atoms with Crippen LogP contribution in [0.3, 0.4) is 0 Å². The highest BCUT2D eigenvalue weighted by Gasteiger charge is 2.22. The van der Waals surface area contributed by atoms with E-state index in [0.29, 0.717) is 25.1 Å². The van der Waals surface area contributed by atoms with Crippen molar-refractivity contribution in [3.8, 4) is 0 Å². The van der Waals surface area contributed by atoms with Gasteiger partial charge in [0.25, 0.3) is 5.91 Å². The van der Waals surface area contributed by atoms with Crippen LogP contribution in [-0.2, 0) is 20.9 Å². The average molecular weight is 380 g/mol. The van der Waals surface area contributed by atoms with E-state index in [1.807, 2.05) is 56.3 Å². The quantitative estimate of drug-likeness (QED) is 0.691. The Bertz CT molecular complexity index is 845. The van der Waals surface area contributed by atoms with E-state index in [2.05, 4.69) is 5.10 Å². The standard InChI is InChI=1S/C22H24N2O4/c1-16(2)27-14-17-8-10-19(11-9-17)22(26)28-15-21(25)24-13-12-20(23-24)18-6-4-3-5-7-18/h3-11,16H,12-15H2,1-2H3. The Morgan fingerprint density at radius 1 is 1.07 bits per heavy atom. The molecule has 1 amide bonds. The summed E-state index contributed by atoms with van der Waals surface area (Å²) in [6.45, 7) is 4.59. The first-order chi connectivity index (χ1) is 13.5. The largest absolute Gasteiger partial charge is 0.452 e. The van der Waals surface area contributed by atoms with Crippen molar-refractivity contribution in [3.05, 3.63) is 71.3 Å². The summed E-state index contributed by atoms with van der Waals surface area (Å²) in [5.74, 6) is -0.864. The summed E-state index contributed by atoms with van der Waals surface area (Å²) in [7, 11) is 0. The first-order valence-corrected chi connectivity index (χ1v) is 9.34. The zero-order valence-electron chi connectivity index (χ0n) is 16.1. The van der Waals surface area contributed by atoms with Gasteiger partial charge in [0.1, 0.15) is 0 Å². The highest BCUT2D eigenvalue weighted by molar-refractivity contribution is 6.02. The minimum absolute atomic E-state index is 0.145. The molecule has 1 aliphatic rings. The second kappa shape index (κ2) is 9.28. The molecule has 0 aromatic heterocycles. The van der Waals surface area contributed by atoms with Crippen LogP contribution in [0.1, 0.15) is 41.8 Å². The Labute approximate surface area is 164 Å². The number of esters is 1. The first kappa shape index (κ1) is 19.8. The van der Waals surface area contributed by atoms with Crippen LogP contribution >= 0.6 is 0 Å². The number of rotatable bonds is 7. The highest BCUT2D eigenvalue weighted by Crippen LogP contribution is 2.14. The molecule has 146 valence electrons. The van der Waals surface area contributed by atoms with Crippen LogP contribution in [0.25, 0.3) is 0 Å². The van der Waals surface area contributed by atoms with E-state index < -0.39 is 5.97 Å². The maximum Gasteiger partial charge on any atom is 0.338 e. The predicted molar refractivity (Wildman–Crippen MR) is 106 cm³/mol. The number of hydrogen-bond acceptors (Lipinski definition) is 5. The van der Waals surface area contributed by atoms with Crippen LogP contribution in [0.2, 0.25) is 0 Å². The number of carbonyl (C=O) groups is 2. The molecule has 0 spiro atoms. The smallest absolute Gasteiger partial charge is 0.338 e. The van der Waals surface area contributed by atoms with Crippen molar-refractivity contribution in [1.29, 1.82) is 0 Å². The van der Waals surface area contributed by atoms with Crippen molar-refractivity contribution in [3.63, 3.8) is 0 Å². The Hall–Kier alpha value is -2.99. The summed E-state index contributed by atoms with van der Waals surface area (Å²) >= 11 is 0. The molecule has 0 atom stereocenters. The summed E-state index contributed by atoms with van der Waals surface area (Å²) in [6, 6.07) is 16.7. The summed E-state index contributed by atoms with van der Waals surface area (Å²) < 4.78 is 10.7. The zero-order chi connectivity index (χ0) is 19.9. The van der Waals surface area contributed by atoms with Gasteiger partial charge < -0.3 is 9.47 Å². The fourth-order valence-corrected chi connectivity index (χ4v) is 2.76. The van der Waals surface area contributed by atoms with E-state index in [-0.39, 0.29) is 18.6 Å². The number of carbonyl (C=O) groups excluding carboxylic acids is 2. The lowest BCUT2D eigenvalue weighted by Gasteiger charge is -2.12. The van der Waals surface area contributed by atoms with Gasteiger partial charge >= 0.3 is 5.97 Å². The number of ether oxygens (including phenoxy) is 2. The van der Waals surface area contributed by atoms with E-state index in [1.54, 1.807) is 12.1 Å². The number of hydrogen-bond donors (Lipinski definition) is 0. The Kier molecular flexibility index (Phi) is 6.55. The molecule has 2 aromatic carbocycles. The SMILES string of the molecule is CC(C)OCc1ccc(C(=O)OCC(=O)N2CCC(c3ccccc3)=N2)cc1. The van der Waals surface area contributed by atoms with E-state index in [0.717, 1.165) is 16.8 Å². The van der Waals surface area contributed by atoms with Crippen LogP contribution in [0.15, 0.2) is 59.7 Å². The molecule has 0 saturated heterocycles. The molecule has 0 unspecified atom stereocenters. The monoisotopic (exact) mass is 380 g/mol. The Morgan fingerprint density at radius 3 is 2.46 bits per heavy atom. The van der Waals surface area contributed by atoms with Crippen molar-refractivity contribution in [1.82, 2.24) is 5.01 Å². The van der Waals surface area contributed by atoms with Crippen LogP contribution in [0.5, 0.6) is 0 Å². The van der Waals surface area contributed by atoms with Crippen LogP contribution in [0.4, 0.5) is 0 Å². The summed E-state index contributed by atoms with van der Waals surface area (Å²) in [5, 5.41) is 5.71. The highest BCUT2D eigenvalue weighted by atomic mass is 16.5. The maximum atomic E-state index is 12.3. The minimum Gasteiger partial charge on any atom is -0.452 e. The fourth-order valence-electron chi connectivity index (χ4n) is 2.76. The maximum absolute atomic E-state index is 12.3. The Balaban J connectivity index is 1.50. The molecule has 0 radical (unpaired) electrons. The molecule has 28 heavy (non-hydrogen) atoms. The summed E-state index contributed by atoms with van der Waals surface area (Å²) in [5.41, 5.74) is 3.23. The van der Waals surface area contributed by atoms with Crippen molar-refractivity contribution in [2.24, 2.45) is 5.10 Å². The molecule has 0 saturated carbocycles. The molecule has 0 N–H and O–H groups in total. The van der Waals surface area contributed by atoms with Gasteiger partial charge in [-0.1, -0.05) is 42.5 Å². The number of nitrogens with zero attached hydrogens (tertiary/aromatic N) is 2.